The molecule has 8 nitrogen and oxygen atoms in total. The van der Waals surface area contributed by atoms with Crippen molar-refractivity contribution < 1.29 is 27.5 Å². The largest absolute Gasteiger partial charge is 0.496 e. The van der Waals surface area contributed by atoms with Gasteiger partial charge in [-0.15, -0.1) is 0 Å². The molecule has 4 rings (SSSR count). The quantitative estimate of drug-likeness (QED) is 0.478. The Morgan fingerprint density at radius 1 is 1.12 bits per heavy atom. The monoisotopic (exact) mass is 445 g/mol. The zero-order chi connectivity index (χ0) is 22.9. The predicted octanol–water partition coefficient (Wildman–Crippen LogP) is 4.07. The number of para-hydroxylation sites is 1. The predicted molar refractivity (Wildman–Crippen MR) is 107 cm³/mol. The van der Waals surface area contributed by atoms with Crippen molar-refractivity contribution in [2.45, 2.75) is 25.7 Å². The lowest BCUT2D eigenvalue weighted by atomic mass is 10.0. The Bertz CT molecular complexity index is 1220. The van der Waals surface area contributed by atoms with Gasteiger partial charge in [0.1, 0.15) is 11.4 Å². The minimum absolute atomic E-state index is 0.126. The summed E-state index contributed by atoms with van der Waals surface area (Å²) < 4.78 is 53.5. The maximum Gasteiger partial charge on any atom is 0.433 e. The summed E-state index contributed by atoms with van der Waals surface area (Å²) >= 11 is 0. The molecule has 11 heteroatoms. The van der Waals surface area contributed by atoms with Crippen LogP contribution in [-0.2, 0) is 12.7 Å². The maximum atomic E-state index is 14.0. The SMILES string of the molecule is COc1ccccc1-c1noc(-c2cnn(C[C@@H](C)O)c2C(F)(F)F)c1-c1ncccn1. The van der Waals surface area contributed by atoms with E-state index in [9.17, 15) is 18.3 Å². The molecule has 32 heavy (non-hydrogen) atoms. The highest BCUT2D eigenvalue weighted by Gasteiger charge is 2.41. The number of halogens is 3. The summed E-state index contributed by atoms with van der Waals surface area (Å²) in [4.78, 5) is 8.39. The number of ether oxygens (including phenoxy) is 1. The Labute approximate surface area is 180 Å². The van der Waals surface area contributed by atoms with Crippen molar-refractivity contribution >= 4 is 0 Å². The summed E-state index contributed by atoms with van der Waals surface area (Å²) in [7, 11) is 1.47. The van der Waals surface area contributed by atoms with Crippen LogP contribution in [0.3, 0.4) is 0 Å². The van der Waals surface area contributed by atoms with E-state index in [-0.39, 0.29) is 35.0 Å². The number of alkyl halides is 3. The summed E-state index contributed by atoms with van der Waals surface area (Å²) in [5, 5.41) is 17.5. The lowest BCUT2D eigenvalue weighted by Crippen LogP contribution is -2.20. The van der Waals surface area contributed by atoms with E-state index in [0.717, 1.165) is 6.20 Å². The van der Waals surface area contributed by atoms with Gasteiger partial charge in [-0.3, -0.25) is 4.68 Å². The van der Waals surface area contributed by atoms with Crippen molar-refractivity contribution in [1.82, 2.24) is 24.9 Å². The molecule has 1 N–H and O–H groups in total. The molecule has 3 heterocycles. The van der Waals surface area contributed by atoms with Crippen LogP contribution in [0.25, 0.3) is 34.0 Å². The van der Waals surface area contributed by atoms with Crippen molar-refractivity contribution in [3.8, 4) is 39.7 Å². The van der Waals surface area contributed by atoms with E-state index in [1.165, 1.54) is 26.4 Å². The molecular formula is C21H18F3N5O3. The number of methoxy groups -OCH3 is 1. The molecule has 0 radical (unpaired) electrons. The number of aromatic nitrogens is 5. The Balaban J connectivity index is 2.00. The minimum atomic E-state index is -4.77. The molecule has 0 aliphatic rings. The molecule has 0 aliphatic heterocycles. The molecule has 0 fully saturated rings. The number of hydrogen-bond donors (Lipinski definition) is 1. The van der Waals surface area contributed by atoms with Gasteiger partial charge in [-0.25, -0.2) is 9.97 Å². The Hall–Kier alpha value is -3.73. The molecule has 3 aromatic heterocycles. The Kier molecular flexibility index (Phi) is 5.66. The van der Waals surface area contributed by atoms with E-state index in [0.29, 0.717) is 16.0 Å². The molecule has 0 saturated heterocycles. The van der Waals surface area contributed by atoms with Gasteiger partial charge in [-0.2, -0.15) is 18.3 Å². The van der Waals surface area contributed by atoms with Gasteiger partial charge in [0.2, 0.25) is 0 Å². The Morgan fingerprint density at radius 2 is 1.84 bits per heavy atom. The molecule has 166 valence electrons. The number of rotatable bonds is 6. The van der Waals surface area contributed by atoms with Gasteiger partial charge in [0.05, 0.1) is 37.1 Å². The fourth-order valence-electron chi connectivity index (χ4n) is 3.37. The van der Waals surface area contributed by atoms with Gasteiger partial charge in [0.15, 0.2) is 17.3 Å². The van der Waals surface area contributed by atoms with Gasteiger partial charge in [0.25, 0.3) is 0 Å². The highest BCUT2D eigenvalue weighted by molar-refractivity contribution is 5.89. The number of hydrogen-bond acceptors (Lipinski definition) is 7. The zero-order valence-electron chi connectivity index (χ0n) is 17.0. The fraction of sp³-hybridized carbons (Fsp3) is 0.238. The normalized spacial score (nSPS) is 12.7. The lowest BCUT2D eigenvalue weighted by molar-refractivity contribution is -0.144. The van der Waals surface area contributed by atoms with Gasteiger partial charge in [0, 0.05) is 18.0 Å². The minimum Gasteiger partial charge on any atom is -0.496 e. The van der Waals surface area contributed by atoms with Gasteiger partial charge in [-0.05, 0) is 25.1 Å². The third-order valence-electron chi connectivity index (χ3n) is 4.63. The first-order valence-corrected chi connectivity index (χ1v) is 9.53. The van der Waals surface area contributed by atoms with Crippen LogP contribution in [0.4, 0.5) is 13.2 Å². The molecule has 0 spiro atoms. The van der Waals surface area contributed by atoms with Crippen LogP contribution in [0.1, 0.15) is 12.6 Å². The highest BCUT2D eigenvalue weighted by atomic mass is 19.4. The summed E-state index contributed by atoms with van der Waals surface area (Å²) in [6.07, 6.45) is -1.85. The van der Waals surface area contributed by atoms with Gasteiger partial charge >= 0.3 is 6.18 Å². The van der Waals surface area contributed by atoms with E-state index in [1.54, 1.807) is 30.3 Å². The summed E-state index contributed by atoms with van der Waals surface area (Å²) in [5.41, 5.74) is -0.526. The second-order valence-electron chi connectivity index (χ2n) is 6.94. The van der Waals surface area contributed by atoms with E-state index in [4.69, 9.17) is 9.26 Å². The van der Waals surface area contributed by atoms with Crippen molar-refractivity contribution in [1.29, 1.82) is 0 Å². The molecule has 0 aliphatic carbocycles. The molecule has 0 unspecified atom stereocenters. The average Bonchev–Trinajstić information content (AvgIpc) is 3.38. The number of benzene rings is 1. The topological polar surface area (TPSA) is 99.1 Å². The standard InChI is InChI=1S/C21H18F3N5O3/c1-12(30)11-29-19(21(22,23)24)14(10-27-29)18-16(20-25-8-5-9-26-20)17(28-32-18)13-6-3-4-7-15(13)31-2/h3-10,12,30H,11H2,1-2H3/t12-/m1/s1. The smallest absolute Gasteiger partial charge is 0.433 e. The molecular weight excluding hydrogens is 427 g/mol. The van der Waals surface area contributed by atoms with Crippen LogP contribution in [-0.4, -0.2) is 43.2 Å². The highest BCUT2D eigenvalue weighted by Crippen LogP contribution is 2.45. The van der Waals surface area contributed by atoms with Crippen molar-refractivity contribution in [3.05, 3.63) is 54.6 Å². The third kappa shape index (κ3) is 3.94. The lowest BCUT2D eigenvalue weighted by Gasteiger charge is -2.13. The third-order valence-corrected chi connectivity index (χ3v) is 4.63. The molecule has 0 bridgehead atoms. The van der Waals surface area contributed by atoms with E-state index >= 15 is 0 Å². The van der Waals surface area contributed by atoms with Crippen molar-refractivity contribution in [3.63, 3.8) is 0 Å². The summed E-state index contributed by atoms with van der Waals surface area (Å²) in [6.45, 7) is 1.03. The fourth-order valence-corrected chi connectivity index (χ4v) is 3.37. The van der Waals surface area contributed by atoms with Crippen LogP contribution >= 0.6 is 0 Å². The van der Waals surface area contributed by atoms with E-state index in [1.807, 2.05) is 0 Å². The van der Waals surface area contributed by atoms with Crippen LogP contribution in [0.15, 0.2) is 53.4 Å². The number of aliphatic hydroxyl groups excluding tert-OH is 1. The zero-order valence-corrected chi connectivity index (χ0v) is 17.0. The second-order valence-corrected chi connectivity index (χ2v) is 6.94. The first-order valence-electron chi connectivity index (χ1n) is 9.53. The molecule has 1 aromatic carbocycles. The van der Waals surface area contributed by atoms with Gasteiger partial charge < -0.3 is 14.4 Å². The summed E-state index contributed by atoms with van der Waals surface area (Å²) in [5.74, 6) is 0.382. The molecule has 4 aromatic rings. The van der Waals surface area contributed by atoms with Crippen LogP contribution in [0.5, 0.6) is 5.75 Å². The molecule has 0 saturated carbocycles. The first kappa shape index (κ1) is 21.5. The summed E-state index contributed by atoms with van der Waals surface area (Å²) in [6, 6.07) is 8.48. The maximum absolute atomic E-state index is 14.0. The average molecular weight is 445 g/mol. The Morgan fingerprint density at radius 3 is 2.50 bits per heavy atom. The van der Waals surface area contributed by atoms with Gasteiger partial charge in [-0.1, -0.05) is 17.3 Å². The number of nitrogens with zero attached hydrogens (tertiary/aromatic N) is 5. The molecule has 0 amide bonds. The second kappa shape index (κ2) is 8.42. The number of aliphatic hydroxyl groups is 1. The van der Waals surface area contributed by atoms with Crippen LogP contribution < -0.4 is 4.74 Å². The van der Waals surface area contributed by atoms with Crippen molar-refractivity contribution in [2.75, 3.05) is 7.11 Å². The van der Waals surface area contributed by atoms with Crippen LogP contribution in [0, 0.1) is 0 Å². The van der Waals surface area contributed by atoms with Crippen molar-refractivity contribution in [2.24, 2.45) is 0 Å². The first-order chi connectivity index (χ1) is 15.3. The van der Waals surface area contributed by atoms with E-state index < -0.39 is 18.0 Å². The van der Waals surface area contributed by atoms with Crippen LogP contribution in [0.2, 0.25) is 0 Å². The van der Waals surface area contributed by atoms with E-state index in [2.05, 4.69) is 20.2 Å². The molecule has 1 atom stereocenters.